The van der Waals surface area contributed by atoms with Gasteiger partial charge in [0.05, 0.1) is 12.7 Å². The lowest BCUT2D eigenvalue weighted by molar-refractivity contribution is 0.0942. The summed E-state index contributed by atoms with van der Waals surface area (Å²) in [7, 11) is 1.67. The number of carbonyl (C=O) groups excluding carboxylic acids is 1. The van der Waals surface area contributed by atoms with Crippen molar-refractivity contribution in [2.45, 2.75) is 18.7 Å². The minimum absolute atomic E-state index is 0.0326. The van der Waals surface area contributed by atoms with E-state index in [-0.39, 0.29) is 5.56 Å². The van der Waals surface area contributed by atoms with Crippen molar-refractivity contribution in [2.24, 2.45) is 0 Å². The molecule has 1 fully saturated rings. The fourth-order valence-corrected chi connectivity index (χ4v) is 4.60. The van der Waals surface area contributed by atoms with Gasteiger partial charge in [-0.1, -0.05) is 54.4 Å². The minimum Gasteiger partial charge on any atom is -0.497 e. The maximum absolute atomic E-state index is 14.6. The number of nitrogens with zero attached hydrogens (tertiary/aromatic N) is 1. The Bertz CT molecular complexity index is 1090. The normalized spacial score (nSPS) is 14.1. The molecule has 0 spiro atoms. The predicted molar refractivity (Wildman–Crippen MR) is 127 cm³/mol. The average Bonchev–Trinajstić information content (AvgIpc) is 2.79. The van der Waals surface area contributed by atoms with Crippen molar-refractivity contribution in [3.63, 3.8) is 0 Å². The van der Waals surface area contributed by atoms with E-state index in [2.05, 4.69) is 21.2 Å². The third-order valence-corrected chi connectivity index (χ3v) is 6.31. The molecule has 166 valence electrons. The average molecular weight is 452 g/mol. The Morgan fingerprint density at radius 1 is 1.09 bits per heavy atom. The van der Waals surface area contributed by atoms with Gasteiger partial charge in [-0.05, 0) is 53.4 Å². The summed E-state index contributed by atoms with van der Waals surface area (Å²) in [6.45, 7) is 4.34. The van der Waals surface area contributed by atoms with Crippen molar-refractivity contribution in [1.29, 1.82) is 0 Å². The molecule has 0 radical (unpaired) electrons. The molecule has 1 amide bonds. The van der Waals surface area contributed by atoms with E-state index in [0.29, 0.717) is 10.8 Å². The van der Waals surface area contributed by atoms with Crippen LogP contribution in [0.15, 0.2) is 66.7 Å². The van der Waals surface area contributed by atoms with E-state index in [1.54, 1.807) is 26.2 Å². The molecule has 0 atom stereocenters. The summed E-state index contributed by atoms with van der Waals surface area (Å²) in [6, 6.07) is 21.0. The Labute approximate surface area is 192 Å². The number of nitrogens with one attached hydrogen (secondary N) is 2. The summed E-state index contributed by atoms with van der Waals surface area (Å²) in [6.07, 6.45) is 0. The number of carbonyl (C=O) groups is 1. The SMILES string of the molecule is COc1cccc(CN2CC(SNNC(=O)c3cc(-c4ccccc4)cc(C)c3F)C2)c1. The van der Waals surface area contributed by atoms with E-state index >= 15 is 0 Å². The number of halogens is 1. The molecule has 5 nitrogen and oxygen atoms in total. The molecule has 0 bridgehead atoms. The topological polar surface area (TPSA) is 53.6 Å². The Hall–Kier alpha value is -2.87. The molecule has 3 aromatic rings. The Morgan fingerprint density at radius 3 is 2.62 bits per heavy atom. The standard InChI is InChI=1S/C25H26FN3O2S/c1-17-11-20(19-8-4-3-5-9-19)13-23(24(17)26)25(30)27-28-32-22-15-29(16-22)14-18-7-6-10-21(12-18)31-2/h3-13,22,28H,14-16H2,1-2H3,(H,27,30). The van der Waals surface area contributed by atoms with Crippen LogP contribution < -0.4 is 15.0 Å². The van der Waals surface area contributed by atoms with E-state index in [1.807, 2.05) is 48.5 Å². The second kappa shape index (κ2) is 10.2. The van der Waals surface area contributed by atoms with Gasteiger partial charge in [0.15, 0.2) is 0 Å². The molecule has 0 aromatic heterocycles. The van der Waals surface area contributed by atoms with Gasteiger partial charge in [-0.2, -0.15) is 4.83 Å². The summed E-state index contributed by atoms with van der Waals surface area (Å²) >= 11 is 1.45. The first-order valence-corrected chi connectivity index (χ1v) is 11.3. The molecular formula is C25H26FN3O2S. The number of rotatable bonds is 8. The lowest BCUT2D eigenvalue weighted by atomic mass is 9.99. The Balaban J connectivity index is 1.27. The van der Waals surface area contributed by atoms with Crippen LogP contribution in [0.4, 0.5) is 4.39 Å². The van der Waals surface area contributed by atoms with Gasteiger partial charge in [-0.3, -0.25) is 15.1 Å². The largest absolute Gasteiger partial charge is 0.497 e. The van der Waals surface area contributed by atoms with Crippen molar-refractivity contribution in [3.8, 4) is 16.9 Å². The quantitative estimate of drug-likeness (QED) is 0.388. The smallest absolute Gasteiger partial charge is 0.269 e. The predicted octanol–water partition coefficient (Wildman–Crippen LogP) is 4.58. The summed E-state index contributed by atoms with van der Waals surface area (Å²) in [4.78, 5) is 17.8. The zero-order valence-corrected chi connectivity index (χ0v) is 18.9. The van der Waals surface area contributed by atoms with Crippen LogP contribution in [-0.2, 0) is 6.54 Å². The highest BCUT2D eigenvalue weighted by Crippen LogP contribution is 2.25. The van der Waals surface area contributed by atoms with Crippen molar-refractivity contribution >= 4 is 17.9 Å². The Kier molecular flexibility index (Phi) is 7.09. The maximum Gasteiger partial charge on any atom is 0.269 e. The van der Waals surface area contributed by atoms with Gasteiger partial charge >= 0.3 is 0 Å². The molecule has 1 aliphatic heterocycles. The third-order valence-electron chi connectivity index (χ3n) is 5.46. The zero-order valence-electron chi connectivity index (χ0n) is 18.1. The molecule has 3 aromatic carbocycles. The number of aryl methyl sites for hydroxylation is 1. The van der Waals surface area contributed by atoms with Gasteiger partial charge in [0.25, 0.3) is 5.91 Å². The van der Waals surface area contributed by atoms with Crippen molar-refractivity contribution < 1.29 is 13.9 Å². The molecule has 1 heterocycles. The summed E-state index contributed by atoms with van der Waals surface area (Å²) in [5, 5.41) is 0.350. The van der Waals surface area contributed by atoms with Crippen LogP contribution in [0.2, 0.25) is 0 Å². The summed E-state index contributed by atoms with van der Waals surface area (Å²) < 4.78 is 19.9. The fraction of sp³-hybridized carbons (Fsp3) is 0.240. The number of methoxy groups -OCH3 is 1. The van der Waals surface area contributed by atoms with E-state index in [0.717, 1.165) is 36.5 Å². The van der Waals surface area contributed by atoms with Crippen molar-refractivity contribution in [1.82, 2.24) is 15.2 Å². The van der Waals surface area contributed by atoms with Crippen LogP contribution in [0.25, 0.3) is 11.1 Å². The van der Waals surface area contributed by atoms with E-state index in [4.69, 9.17) is 4.74 Å². The number of hydrazine groups is 1. The van der Waals surface area contributed by atoms with Gasteiger partial charge < -0.3 is 4.74 Å². The van der Waals surface area contributed by atoms with Crippen LogP contribution in [0, 0.1) is 12.7 Å². The first-order chi connectivity index (χ1) is 15.5. The first kappa shape index (κ1) is 22.3. The number of amides is 1. The number of hydrogen-bond donors (Lipinski definition) is 2. The molecule has 0 aliphatic carbocycles. The fourth-order valence-electron chi connectivity index (χ4n) is 3.71. The summed E-state index contributed by atoms with van der Waals surface area (Å²) in [5.41, 5.74) is 6.06. The third kappa shape index (κ3) is 5.30. The van der Waals surface area contributed by atoms with Gasteiger partial charge in [0, 0.05) is 24.9 Å². The van der Waals surface area contributed by atoms with Gasteiger partial charge in [0.2, 0.25) is 0 Å². The lowest BCUT2D eigenvalue weighted by Crippen LogP contribution is -2.50. The highest BCUT2D eigenvalue weighted by Gasteiger charge is 2.27. The number of likely N-dealkylation sites (tertiary alicyclic amines) is 1. The van der Waals surface area contributed by atoms with E-state index in [9.17, 15) is 9.18 Å². The molecule has 4 rings (SSSR count). The number of benzene rings is 3. The highest BCUT2D eigenvalue weighted by molar-refractivity contribution is 7.98. The molecule has 0 saturated carbocycles. The molecule has 32 heavy (non-hydrogen) atoms. The second-order valence-electron chi connectivity index (χ2n) is 7.86. The van der Waals surface area contributed by atoms with Crippen molar-refractivity contribution in [2.75, 3.05) is 20.2 Å². The monoisotopic (exact) mass is 451 g/mol. The second-order valence-corrected chi connectivity index (χ2v) is 8.97. The minimum atomic E-state index is -0.498. The van der Waals surface area contributed by atoms with Gasteiger partial charge in [-0.25, -0.2) is 4.39 Å². The molecular weight excluding hydrogens is 425 g/mol. The Morgan fingerprint density at radius 2 is 1.88 bits per heavy atom. The molecule has 2 N–H and O–H groups in total. The van der Waals surface area contributed by atoms with E-state index < -0.39 is 11.7 Å². The molecule has 7 heteroatoms. The molecule has 1 saturated heterocycles. The van der Waals surface area contributed by atoms with Gasteiger partial charge in [0.1, 0.15) is 11.6 Å². The van der Waals surface area contributed by atoms with Crippen LogP contribution in [0.1, 0.15) is 21.5 Å². The number of hydrogen-bond acceptors (Lipinski definition) is 5. The maximum atomic E-state index is 14.6. The number of ether oxygens (including phenoxy) is 1. The van der Waals surface area contributed by atoms with Crippen molar-refractivity contribution in [3.05, 3.63) is 89.2 Å². The van der Waals surface area contributed by atoms with Crippen LogP contribution >= 0.6 is 11.9 Å². The molecule has 1 aliphatic rings. The van der Waals surface area contributed by atoms with Crippen LogP contribution in [-0.4, -0.2) is 36.3 Å². The first-order valence-electron chi connectivity index (χ1n) is 10.5. The highest BCUT2D eigenvalue weighted by atomic mass is 32.2. The van der Waals surface area contributed by atoms with E-state index in [1.165, 1.54) is 17.5 Å². The lowest BCUT2D eigenvalue weighted by Gasteiger charge is -2.38. The zero-order chi connectivity index (χ0) is 22.5. The summed E-state index contributed by atoms with van der Waals surface area (Å²) in [5.74, 6) is -0.123. The molecule has 0 unspecified atom stereocenters. The van der Waals surface area contributed by atoms with Crippen LogP contribution in [0.5, 0.6) is 5.75 Å². The van der Waals surface area contributed by atoms with Crippen LogP contribution in [0.3, 0.4) is 0 Å². The van der Waals surface area contributed by atoms with Gasteiger partial charge in [-0.15, -0.1) is 0 Å².